The second-order valence-electron chi connectivity index (χ2n) is 11.5. The second-order valence-corrected chi connectivity index (χ2v) is 11.5. The van der Waals surface area contributed by atoms with Gasteiger partial charge in [0.1, 0.15) is 5.60 Å². The summed E-state index contributed by atoms with van der Waals surface area (Å²) in [6.07, 6.45) is 4.24. The zero-order chi connectivity index (χ0) is 22.6. The smallest absolute Gasteiger partial charge is 0.444 e. The molecule has 2 saturated heterocycles. The van der Waals surface area contributed by atoms with Crippen LogP contribution in [-0.2, 0) is 14.0 Å². The number of hydrogen-bond donors (Lipinski definition) is 0. The van der Waals surface area contributed by atoms with Crippen LogP contribution >= 0.6 is 0 Å². The Labute approximate surface area is 188 Å². The zero-order valence-corrected chi connectivity index (χ0v) is 20.3. The van der Waals surface area contributed by atoms with Crippen molar-refractivity contribution in [2.24, 2.45) is 0 Å². The normalized spacial score (nSPS) is 23.8. The highest BCUT2D eigenvalue weighted by atomic mass is 16.7. The first-order valence-electron chi connectivity index (χ1n) is 11.8. The van der Waals surface area contributed by atoms with Gasteiger partial charge in [-0.05, 0) is 103 Å². The number of carbonyl (C=O) groups excluding carboxylic acids is 1. The number of rotatable bonds is 3. The van der Waals surface area contributed by atoms with Gasteiger partial charge in [-0.1, -0.05) is 18.2 Å². The van der Waals surface area contributed by atoms with Crippen molar-refractivity contribution in [2.75, 3.05) is 13.1 Å². The molecule has 170 valence electrons. The molecule has 0 N–H and O–H groups in total. The van der Waals surface area contributed by atoms with Crippen LogP contribution in [0.1, 0.15) is 97.1 Å². The van der Waals surface area contributed by atoms with E-state index in [4.69, 9.17) is 14.0 Å². The highest BCUT2D eigenvalue weighted by Gasteiger charge is 2.52. The molecule has 4 rings (SSSR count). The molecule has 0 bridgehead atoms. The fraction of sp³-hybridized carbons (Fsp3) is 0.720. The maximum atomic E-state index is 12.4. The third-order valence-corrected chi connectivity index (χ3v) is 7.25. The zero-order valence-electron chi connectivity index (χ0n) is 20.3. The first kappa shape index (κ1) is 22.7. The van der Waals surface area contributed by atoms with Crippen LogP contribution in [0.2, 0.25) is 0 Å². The fourth-order valence-electron chi connectivity index (χ4n) is 4.50. The molecule has 1 aromatic rings. The van der Waals surface area contributed by atoms with Crippen LogP contribution in [0.25, 0.3) is 0 Å². The quantitative estimate of drug-likeness (QED) is 0.639. The average molecular weight is 427 g/mol. The highest BCUT2D eigenvalue weighted by molar-refractivity contribution is 6.62. The molecule has 0 aromatic heterocycles. The lowest BCUT2D eigenvalue weighted by atomic mass is 9.73. The summed E-state index contributed by atoms with van der Waals surface area (Å²) < 4.78 is 18.3. The molecule has 6 heteroatoms. The SMILES string of the molecule is CC(C)(C)OC(=O)N1CCC(c2ccc(B3OC(C)(C)C(C)(C)O3)c(C3CC3)c2)CC1. The summed E-state index contributed by atoms with van der Waals surface area (Å²) in [6, 6.07) is 6.87. The predicted octanol–water partition coefficient (Wildman–Crippen LogP) is 4.98. The highest BCUT2D eigenvalue weighted by Crippen LogP contribution is 2.43. The molecule has 0 atom stereocenters. The third-order valence-electron chi connectivity index (χ3n) is 7.25. The van der Waals surface area contributed by atoms with E-state index in [1.54, 1.807) is 0 Å². The molecule has 0 unspecified atom stereocenters. The van der Waals surface area contributed by atoms with Crippen LogP contribution in [0.3, 0.4) is 0 Å². The molecule has 2 heterocycles. The van der Waals surface area contributed by atoms with Gasteiger partial charge in [0.05, 0.1) is 11.2 Å². The molecule has 1 aromatic carbocycles. The Morgan fingerprint density at radius 3 is 2.10 bits per heavy atom. The van der Waals surface area contributed by atoms with Gasteiger partial charge in [0, 0.05) is 13.1 Å². The molecular formula is C25H38BNO4. The van der Waals surface area contributed by atoms with Crippen molar-refractivity contribution in [3.8, 4) is 0 Å². The lowest BCUT2D eigenvalue weighted by molar-refractivity contribution is 0.00578. The number of carbonyl (C=O) groups is 1. The molecule has 1 saturated carbocycles. The van der Waals surface area contributed by atoms with Gasteiger partial charge in [-0.25, -0.2) is 4.79 Å². The van der Waals surface area contributed by atoms with Crippen molar-refractivity contribution in [3.63, 3.8) is 0 Å². The Morgan fingerprint density at radius 2 is 1.58 bits per heavy atom. The molecule has 31 heavy (non-hydrogen) atoms. The van der Waals surface area contributed by atoms with Gasteiger partial charge in [-0.15, -0.1) is 0 Å². The van der Waals surface area contributed by atoms with Crippen LogP contribution in [0.4, 0.5) is 4.79 Å². The van der Waals surface area contributed by atoms with Crippen molar-refractivity contribution in [3.05, 3.63) is 29.3 Å². The van der Waals surface area contributed by atoms with Gasteiger partial charge in [-0.2, -0.15) is 0 Å². The predicted molar refractivity (Wildman–Crippen MR) is 124 cm³/mol. The minimum Gasteiger partial charge on any atom is -0.444 e. The number of likely N-dealkylation sites (tertiary alicyclic amines) is 1. The summed E-state index contributed by atoms with van der Waals surface area (Å²) in [5.41, 5.74) is 2.86. The van der Waals surface area contributed by atoms with E-state index in [0.29, 0.717) is 11.8 Å². The van der Waals surface area contributed by atoms with E-state index in [0.717, 1.165) is 25.9 Å². The minimum atomic E-state index is -0.448. The van der Waals surface area contributed by atoms with Gasteiger partial charge >= 0.3 is 13.2 Å². The Hall–Kier alpha value is -1.53. The maximum absolute atomic E-state index is 12.4. The summed E-state index contributed by atoms with van der Waals surface area (Å²) >= 11 is 0. The fourth-order valence-corrected chi connectivity index (χ4v) is 4.50. The van der Waals surface area contributed by atoms with E-state index >= 15 is 0 Å². The van der Waals surface area contributed by atoms with Gasteiger partial charge < -0.3 is 18.9 Å². The first-order chi connectivity index (χ1) is 14.4. The first-order valence-corrected chi connectivity index (χ1v) is 11.8. The van der Waals surface area contributed by atoms with Crippen LogP contribution in [0.15, 0.2) is 18.2 Å². The van der Waals surface area contributed by atoms with E-state index in [1.807, 2.05) is 25.7 Å². The molecule has 3 fully saturated rings. The van der Waals surface area contributed by atoms with Crippen LogP contribution in [0, 0.1) is 0 Å². The number of hydrogen-bond acceptors (Lipinski definition) is 4. The summed E-state index contributed by atoms with van der Waals surface area (Å²) in [7, 11) is -0.302. The van der Waals surface area contributed by atoms with Gasteiger partial charge in [0.2, 0.25) is 0 Å². The number of piperidine rings is 1. The second kappa shape index (κ2) is 7.81. The van der Waals surface area contributed by atoms with E-state index in [9.17, 15) is 4.79 Å². The molecule has 3 aliphatic rings. The van der Waals surface area contributed by atoms with Gasteiger partial charge in [-0.3, -0.25) is 0 Å². The monoisotopic (exact) mass is 427 g/mol. The lowest BCUT2D eigenvalue weighted by Gasteiger charge is -2.34. The summed E-state index contributed by atoms with van der Waals surface area (Å²) in [5, 5.41) is 0. The number of benzene rings is 1. The number of nitrogens with zero attached hydrogens (tertiary/aromatic N) is 1. The molecule has 0 spiro atoms. The minimum absolute atomic E-state index is 0.194. The Balaban J connectivity index is 1.47. The Kier molecular flexibility index (Phi) is 5.71. The standard InChI is InChI=1S/C25H38BNO4/c1-23(2,3)29-22(28)27-14-12-17(13-15-27)19-10-11-21(20(16-19)18-8-9-18)26-30-24(4,5)25(6,7)31-26/h10-11,16-18H,8-9,12-15H2,1-7H3. The van der Waals surface area contributed by atoms with Crippen molar-refractivity contribution < 1.29 is 18.8 Å². The van der Waals surface area contributed by atoms with Gasteiger partial charge in [0.25, 0.3) is 0 Å². The maximum Gasteiger partial charge on any atom is 0.495 e. The van der Waals surface area contributed by atoms with Gasteiger partial charge in [0.15, 0.2) is 0 Å². The summed E-state index contributed by atoms with van der Waals surface area (Å²) in [6.45, 7) is 15.7. The van der Waals surface area contributed by atoms with Crippen molar-refractivity contribution in [2.45, 2.75) is 103 Å². The average Bonchev–Trinajstić information content (AvgIpc) is 3.47. The van der Waals surface area contributed by atoms with E-state index < -0.39 is 5.60 Å². The van der Waals surface area contributed by atoms with Crippen LogP contribution in [0.5, 0.6) is 0 Å². The molecule has 2 aliphatic heterocycles. The Bertz CT molecular complexity index is 816. The van der Waals surface area contributed by atoms with Crippen LogP contribution in [-0.4, -0.2) is 48.0 Å². The lowest BCUT2D eigenvalue weighted by Crippen LogP contribution is -2.41. The summed E-state index contributed by atoms with van der Waals surface area (Å²) in [4.78, 5) is 14.2. The summed E-state index contributed by atoms with van der Waals surface area (Å²) in [5.74, 6) is 1.10. The van der Waals surface area contributed by atoms with E-state index in [2.05, 4.69) is 45.9 Å². The molecule has 0 radical (unpaired) electrons. The molecule has 1 amide bonds. The molecular weight excluding hydrogens is 389 g/mol. The van der Waals surface area contributed by atoms with E-state index in [-0.39, 0.29) is 24.4 Å². The largest absolute Gasteiger partial charge is 0.495 e. The Morgan fingerprint density at radius 1 is 1.00 bits per heavy atom. The third kappa shape index (κ3) is 4.80. The van der Waals surface area contributed by atoms with Crippen molar-refractivity contribution >= 4 is 18.7 Å². The van der Waals surface area contributed by atoms with Crippen LogP contribution < -0.4 is 5.46 Å². The molecule has 1 aliphatic carbocycles. The molecule has 5 nitrogen and oxygen atoms in total. The van der Waals surface area contributed by atoms with Crippen molar-refractivity contribution in [1.82, 2.24) is 4.90 Å². The number of amides is 1. The van der Waals surface area contributed by atoms with E-state index in [1.165, 1.54) is 29.4 Å². The van der Waals surface area contributed by atoms with Crippen molar-refractivity contribution in [1.29, 1.82) is 0 Å². The number of ether oxygens (including phenoxy) is 1. The topological polar surface area (TPSA) is 48.0 Å².